The van der Waals surface area contributed by atoms with Crippen LogP contribution in [0.4, 0.5) is 0 Å². The maximum absolute atomic E-state index is 5.62. The smallest absolute Gasteiger partial charge is 0.0473 e. The van der Waals surface area contributed by atoms with Crippen molar-refractivity contribution < 1.29 is 0 Å². The molecule has 0 spiro atoms. The molecular weight excluding hydrogens is 208 g/mol. The quantitative estimate of drug-likeness (QED) is 0.857. The Hall–Kier alpha value is -1.54. The molecule has 0 bridgehead atoms. The molecule has 2 N–H and O–H groups in total. The lowest BCUT2D eigenvalue weighted by molar-refractivity contribution is 0.735. The molecule has 2 rings (SSSR count). The second-order valence-electron chi connectivity index (χ2n) is 4.66. The SMILES string of the molecule is Cc1cc(C)cc(Cn2cccc2CCN)c1. The van der Waals surface area contributed by atoms with E-state index in [0.717, 1.165) is 13.0 Å². The number of nitrogens with two attached hydrogens (primary N) is 1. The molecule has 0 amide bonds. The third-order valence-corrected chi connectivity index (χ3v) is 2.96. The number of benzene rings is 1. The summed E-state index contributed by atoms with van der Waals surface area (Å²) >= 11 is 0. The molecule has 1 aromatic carbocycles. The van der Waals surface area contributed by atoms with Crippen molar-refractivity contribution >= 4 is 0 Å². The van der Waals surface area contributed by atoms with E-state index in [9.17, 15) is 0 Å². The van der Waals surface area contributed by atoms with Crippen LogP contribution < -0.4 is 5.73 Å². The predicted octanol–water partition coefficient (Wildman–Crippen LogP) is 2.65. The molecule has 1 aromatic heterocycles. The summed E-state index contributed by atoms with van der Waals surface area (Å²) in [5, 5.41) is 0. The minimum absolute atomic E-state index is 0.705. The van der Waals surface area contributed by atoms with Crippen LogP contribution in [0.3, 0.4) is 0 Å². The molecule has 90 valence electrons. The maximum atomic E-state index is 5.62. The van der Waals surface area contributed by atoms with Crippen molar-refractivity contribution in [1.82, 2.24) is 4.57 Å². The molecule has 1 heterocycles. The second kappa shape index (κ2) is 5.19. The topological polar surface area (TPSA) is 30.9 Å². The van der Waals surface area contributed by atoms with Gasteiger partial charge < -0.3 is 10.3 Å². The summed E-state index contributed by atoms with van der Waals surface area (Å²) in [5.41, 5.74) is 10.9. The van der Waals surface area contributed by atoms with Crippen LogP contribution in [0.25, 0.3) is 0 Å². The minimum atomic E-state index is 0.705. The van der Waals surface area contributed by atoms with Crippen molar-refractivity contribution in [1.29, 1.82) is 0 Å². The fraction of sp³-hybridized carbons (Fsp3) is 0.333. The average molecular weight is 228 g/mol. The van der Waals surface area contributed by atoms with E-state index >= 15 is 0 Å². The van der Waals surface area contributed by atoms with E-state index in [2.05, 4.69) is 54.9 Å². The van der Waals surface area contributed by atoms with Gasteiger partial charge in [-0.2, -0.15) is 0 Å². The van der Waals surface area contributed by atoms with Crippen LogP contribution in [0.5, 0.6) is 0 Å². The molecule has 0 radical (unpaired) electrons. The molecule has 2 heteroatoms. The number of aromatic nitrogens is 1. The van der Waals surface area contributed by atoms with Crippen LogP contribution >= 0.6 is 0 Å². The van der Waals surface area contributed by atoms with Crippen LogP contribution in [0.15, 0.2) is 36.5 Å². The summed E-state index contributed by atoms with van der Waals surface area (Å²) in [7, 11) is 0. The first-order valence-corrected chi connectivity index (χ1v) is 6.10. The van der Waals surface area contributed by atoms with Crippen molar-refractivity contribution in [3.05, 3.63) is 58.9 Å². The lowest BCUT2D eigenvalue weighted by Crippen LogP contribution is -2.09. The molecule has 0 aliphatic rings. The molecule has 2 aromatic rings. The Morgan fingerprint density at radius 1 is 1.12 bits per heavy atom. The van der Waals surface area contributed by atoms with Gasteiger partial charge in [-0.3, -0.25) is 0 Å². The van der Waals surface area contributed by atoms with Gasteiger partial charge in [0, 0.05) is 18.4 Å². The van der Waals surface area contributed by atoms with Gasteiger partial charge in [-0.15, -0.1) is 0 Å². The van der Waals surface area contributed by atoms with E-state index in [1.165, 1.54) is 22.4 Å². The van der Waals surface area contributed by atoms with Gasteiger partial charge in [0.25, 0.3) is 0 Å². The van der Waals surface area contributed by atoms with Crippen LogP contribution in [-0.4, -0.2) is 11.1 Å². The standard InChI is InChI=1S/C15H20N2/c1-12-8-13(2)10-14(9-12)11-17-7-3-4-15(17)5-6-16/h3-4,7-10H,5-6,11,16H2,1-2H3. The summed E-state index contributed by atoms with van der Waals surface area (Å²) in [4.78, 5) is 0. The van der Waals surface area contributed by atoms with Gasteiger partial charge in [0.05, 0.1) is 0 Å². The summed E-state index contributed by atoms with van der Waals surface area (Å²) in [6.07, 6.45) is 3.07. The zero-order valence-corrected chi connectivity index (χ0v) is 10.6. The number of hydrogen-bond acceptors (Lipinski definition) is 1. The van der Waals surface area contributed by atoms with Crippen molar-refractivity contribution in [2.45, 2.75) is 26.8 Å². The lowest BCUT2D eigenvalue weighted by atomic mass is 10.1. The number of hydrogen-bond donors (Lipinski definition) is 1. The van der Waals surface area contributed by atoms with Gasteiger partial charge in [0.15, 0.2) is 0 Å². The molecule has 0 aliphatic heterocycles. The summed E-state index contributed by atoms with van der Waals surface area (Å²) in [6.45, 7) is 5.93. The third-order valence-electron chi connectivity index (χ3n) is 2.96. The molecule has 0 aliphatic carbocycles. The fourth-order valence-corrected chi connectivity index (χ4v) is 2.34. The van der Waals surface area contributed by atoms with Gasteiger partial charge >= 0.3 is 0 Å². The highest BCUT2D eigenvalue weighted by atomic mass is 15.0. The molecule has 17 heavy (non-hydrogen) atoms. The zero-order valence-electron chi connectivity index (χ0n) is 10.6. The minimum Gasteiger partial charge on any atom is -0.347 e. The van der Waals surface area contributed by atoms with E-state index < -0.39 is 0 Å². The Kier molecular flexibility index (Phi) is 3.64. The maximum Gasteiger partial charge on any atom is 0.0473 e. The molecule has 2 nitrogen and oxygen atoms in total. The lowest BCUT2D eigenvalue weighted by Gasteiger charge is -2.10. The first-order chi connectivity index (χ1) is 8.19. The van der Waals surface area contributed by atoms with E-state index in [4.69, 9.17) is 5.73 Å². The highest BCUT2D eigenvalue weighted by molar-refractivity contribution is 5.29. The van der Waals surface area contributed by atoms with Crippen LogP contribution in [0.2, 0.25) is 0 Å². The van der Waals surface area contributed by atoms with E-state index in [-0.39, 0.29) is 0 Å². The van der Waals surface area contributed by atoms with Crippen molar-refractivity contribution in [3.8, 4) is 0 Å². The number of nitrogens with zero attached hydrogens (tertiary/aromatic N) is 1. The molecule has 0 atom stereocenters. The summed E-state index contributed by atoms with van der Waals surface area (Å²) < 4.78 is 2.28. The Balaban J connectivity index is 2.22. The summed E-state index contributed by atoms with van der Waals surface area (Å²) in [5.74, 6) is 0. The first-order valence-electron chi connectivity index (χ1n) is 6.10. The molecule has 0 fully saturated rings. The van der Waals surface area contributed by atoms with Crippen molar-refractivity contribution in [3.63, 3.8) is 0 Å². The van der Waals surface area contributed by atoms with Gasteiger partial charge in [-0.1, -0.05) is 29.3 Å². The van der Waals surface area contributed by atoms with Gasteiger partial charge in [0.1, 0.15) is 0 Å². The number of rotatable bonds is 4. The highest BCUT2D eigenvalue weighted by Crippen LogP contribution is 2.12. The Morgan fingerprint density at radius 2 is 1.82 bits per heavy atom. The first kappa shape index (κ1) is 11.9. The number of aryl methyl sites for hydroxylation is 2. The van der Waals surface area contributed by atoms with Gasteiger partial charge in [-0.25, -0.2) is 0 Å². The van der Waals surface area contributed by atoms with E-state index in [1.807, 2.05) is 0 Å². The predicted molar refractivity (Wildman–Crippen MR) is 72.2 cm³/mol. The van der Waals surface area contributed by atoms with Gasteiger partial charge in [-0.05, 0) is 44.5 Å². The zero-order chi connectivity index (χ0) is 12.3. The average Bonchev–Trinajstić information content (AvgIpc) is 2.65. The fourth-order valence-electron chi connectivity index (χ4n) is 2.34. The molecule has 0 saturated carbocycles. The molecular formula is C15H20N2. The Bertz CT molecular complexity index is 477. The van der Waals surface area contributed by atoms with Crippen molar-refractivity contribution in [2.75, 3.05) is 6.54 Å². The van der Waals surface area contributed by atoms with E-state index in [1.54, 1.807) is 0 Å². The summed E-state index contributed by atoms with van der Waals surface area (Å²) in [6, 6.07) is 10.9. The van der Waals surface area contributed by atoms with Gasteiger partial charge in [0.2, 0.25) is 0 Å². The Morgan fingerprint density at radius 3 is 2.47 bits per heavy atom. The normalized spacial score (nSPS) is 10.8. The Labute approximate surface area is 103 Å². The van der Waals surface area contributed by atoms with Crippen LogP contribution in [-0.2, 0) is 13.0 Å². The van der Waals surface area contributed by atoms with Crippen LogP contribution in [0, 0.1) is 13.8 Å². The van der Waals surface area contributed by atoms with Crippen LogP contribution in [0.1, 0.15) is 22.4 Å². The third kappa shape index (κ3) is 2.98. The largest absolute Gasteiger partial charge is 0.347 e. The van der Waals surface area contributed by atoms with E-state index in [0.29, 0.717) is 6.54 Å². The molecule has 0 unspecified atom stereocenters. The highest BCUT2D eigenvalue weighted by Gasteiger charge is 2.02. The van der Waals surface area contributed by atoms with Crippen molar-refractivity contribution in [2.24, 2.45) is 5.73 Å². The molecule has 0 saturated heterocycles. The monoisotopic (exact) mass is 228 g/mol. The second-order valence-corrected chi connectivity index (χ2v) is 4.66.